The molecule has 1 aliphatic rings. The van der Waals surface area contributed by atoms with Crippen LogP contribution in [0.25, 0.3) is 0 Å². The highest BCUT2D eigenvalue weighted by atomic mass is 16.7. The highest BCUT2D eigenvalue weighted by molar-refractivity contribution is 5.82. The number of hydroxylamine groups is 1. The molecule has 0 spiro atoms. The lowest BCUT2D eigenvalue weighted by Gasteiger charge is -2.32. The summed E-state index contributed by atoms with van der Waals surface area (Å²) in [6, 6.07) is 0. The molecule has 0 aliphatic carbocycles. The Kier molecular flexibility index (Phi) is 1.85. The Morgan fingerprint density at radius 3 is 2.42 bits per heavy atom. The molecule has 1 aliphatic heterocycles. The van der Waals surface area contributed by atoms with E-state index in [0.29, 0.717) is 0 Å². The zero-order valence-corrected chi connectivity index (χ0v) is 6.87. The van der Waals surface area contributed by atoms with Crippen molar-refractivity contribution in [3.05, 3.63) is 12.3 Å². The molecular formula is C7H11NO4. The van der Waals surface area contributed by atoms with E-state index in [0.717, 1.165) is 0 Å². The van der Waals surface area contributed by atoms with Crippen LogP contribution in [0.15, 0.2) is 12.3 Å². The Bertz CT molecular complexity index is 230. The molecule has 5 nitrogen and oxygen atoms in total. The van der Waals surface area contributed by atoms with Gasteiger partial charge in [-0.25, -0.2) is 4.79 Å². The minimum absolute atomic E-state index is 1.23. The third-order valence-corrected chi connectivity index (χ3v) is 1.83. The Morgan fingerprint density at radius 1 is 1.67 bits per heavy atom. The number of carbonyl (C=O) groups is 1. The molecule has 1 rings (SSSR count). The molecule has 0 aromatic carbocycles. The van der Waals surface area contributed by atoms with Crippen LogP contribution in [0, 0.1) is 0 Å². The van der Waals surface area contributed by atoms with E-state index in [-0.39, 0.29) is 0 Å². The van der Waals surface area contributed by atoms with Crippen molar-refractivity contribution in [2.45, 2.75) is 25.0 Å². The molecule has 1 unspecified atom stereocenters. The van der Waals surface area contributed by atoms with E-state index in [2.05, 4.69) is 5.48 Å². The summed E-state index contributed by atoms with van der Waals surface area (Å²) in [4.78, 5) is 15.5. The zero-order valence-electron chi connectivity index (χ0n) is 6.87. The second-order valence-corrected chi connectivity index (χ2v) is 3.15. The fraction of sp³-hybridized carbons (Fsp3) is 0.571. The number of carboxylic acids is 1. The van der Waals surface area contributed by atoms with Crippen LogP contribution < -0.4 is 5.48 Å². The Hall–Kier alpha value is -1.07. The van der Waals surface area contributed by atoms with Crippen LogP contribution >= 0.6 is 0 Å². The van der Waals surface area contributed by atoms with Crippen molar-refractivity contribution in [1.82, 2.24) is 5.48 Å². The van der Waals surface area contributed by atoms with Gasteiger partial charge in [0.25, 0.3) is 0 Å². The third kappa shape index (κ3) is 1.07. The highest BCUT2D eigenvalue weighted by Crippen LogP contribution is 2.29. The summed E-state index contributed by atoms with van der Waals surface area (Å²) in [5.41, 5.74) is -0.881. The predicted octanol–water partition coefficient (Wildman–Crippen LogP) is -0.371. The Labute approximate surface area is 69.6 Å². The van der Waals surface area contributed by atoms with Crippen LogP contribution in [0.4, 0.5) is 0 Å². The molecule has 1 heterocycles. The fourth-order valence-corrected chi connectivity index (χ4v) is 1.02. The van der Waals surface area contributed by atoms with Crippen LogP contribution in [0.3, 0.4) is 0 Å². The number of carboxylic acid groups (broad SMARTS) is 1. The standard InChI is InChI=1S/C7H11NO4/c1-6(2,11)7(5(9)10)3-4-8-12-7/h3-4,8,11H,1-2H3,(H,9,10). The largest absolute Gasteiger partial charge is 0.479 e. The monoisotopic (exact) mass is 173 g/mol. The first-order valence-corrected chi connectivity index (χ1v) is 3.47. The number of aliphatic hydroxyl groups is 1. The minimum atomic E-state index is -1.69. The maximum absolute atomic E-state index is 10.8. The van der Waals surface area contributed by atoms with E-state index in [1.807, 2.05) is 0 Å². The average molecular weight is 173 g/mol. The van der Waals surface area contributed by atoms with Gasteiger partial charge in [-0.15, -0.1) is 0 Å². The van der Waals surface area contributed by atoms with E-state index >= 15 is 0 Å². The lowest BCUT2D eigenvalue weighted by atomic mass is 9.86. The van der Waals surface area contributed by atoms with E-state index in [9.17, 15) is 9.90 Å². The smallest absolute Gasteiger partial charge is 0.345 e. The van der Waals surface area contributed by atoms with E-state index in [4.69, 9.17) is 9.94 Å². The maximum Gasteiger partial charge on any atom is 0.345 e. The van der Waals surface area contributed by atoms with Crippen LogP contribution in [-0.2, 0) is 9.63 Å². The fourth-order valence-electron chi connectivity index (χ4n) is 1.02. The summed E-state index contributed by atoms with van der Waals surface area (Å²) in [6.45, 7) is 2.75. The molecule has 5 heteroatoms. The van der Waals surface area contributed by atoms with Gasteiger partial charge in [0.2, 0.25) is 5.60 Å². The molecule has 0 aromatic rings. The first-order chi connectivity index (χ1) is 5.40. The highest BCUT2D eigenvalue weighted by Gasteiger charge is 2.53. The molecule has 68 valence electrons. The van der Waals surface area contributed by atoms with Crippen molar-refractivity contribution >= 4 is 5.97 Å². The summed E-state index contributed by atoms with van der Waals surface area (Å²) in [5.74, 6) is -1.23. The summed E-state index contributed by atoms with van der Waals surface area (Å²) >= 11 is 0. The Balaban J connectivity index is 3.04. The van der Waals surface area contributed by atoms with Gasteiger partial charge in [-0.05, 0) is 19.9 Å². The molecule has 0 saturated carbocycles. The molecule has 1 atom stereocenters. The van der Waals surface area contributed by atoms with Crippen LogP contribution in [-0.4, -0.2) is 27.4 Å². The number of nitrogens with one attached hydrogen (secondary N) is 1. The number of hydrogen-bond acceptors (Lipinski definition) is 4. The first kappa shape index (κ1) is 9.02. The SMILES string of the molecule is CC(C)(O)C1(C(=O)O)C=CNO1. The molecule has 0 aromatic heterocycles. The van der Waals surface area contributed by atoms with Crippen molar-refractivity contribution in [1.29, 1.82) is 0 Å². The number of aliphatic carboxylic acids is 1. The molecule has 0 saturated heterocycles. The second-order valence-electron chi connectivity index (χ2n) is 3.15. The molecular weight excluding hydrogens is 162 g/mol. The van der Waals surface area contributed by atoms with Gasteiger partial charge in [0.15, 0.2) is 0 Å². The van der Waals surface area contributed by atoms with Gasteiger partial charge in [0.1, 0.15) is 5.60 Å². The van der Waals surface area contributed by atoms with Crippen molar-refractivity contribution in [2.24, 2.45) is 0 Å². The second kappa shape index (κ2) is 2.46. The summed E-state index contributed by atoms with van der Waals surface area (Å²) in [6.07, 6.45) is 2.61. The molecule has 3 N–H and O–H groups in total. The molecule has 0 radical (unpaired) electrons. The van der Waals surface area contributed by atoms with Crippen LogP contribution in [0.2, 0.25) is 0 Å². The Morgan fingerprint density at radius 2 is 2.25 bits per heavy atom. The molecule has 0 fully saturated rings. The van der Waals surface area contributed by atoms with Crippen molar-refractivity contribution < 1.29 is 19.8 Å². The van der Waals surface area contributed by atoms with E-state index in [1.54, 1.807) is 0 Å². The van der Waals surface area contributed by atoms with Gasteiger partial charge in [0.05, 0.1) is 0 Å². The van der Waals surface area contributed by atoms with Crippen LogP contribution in [0.5, 0.6) is 0 Å². The van der Waals surface area contributed by atoms with Crippen molar-refractivity contribution in [3.8, 4) is 0 Å². The normalized spacial score (nSPS) is 28.6. The maximum atomic E-state index is 10.8. The lowest BCUT2D eigenvalue weighted by molar-refractivity contribution is -0.192. The quantitative estimate of drug-likeness (QED) is 0.531. The molecule has 0 amide bonds. The molecule has 0 bridgehead atoms. The van der Waals surface area contributed by atoms with Crippen molar-refractivity contribution in [2.75, 3.05) is 0 Å². The van der Waals surface area contributed by atoms with E-state index in [1.165, 1.54) is 26.1 Å². The van der Waals surface area contributed by atoms with Gasteiger partial charge >= 0.3 is 5.97 Å². The first-order valence-electron chi connectivity index (χ1n) is 3.47. The van der Waals surface area contributed by atoms with Gasteiger partial charge in [-0.2, -0.15) is 0 Å². The topological polar surface area (TPSA) is 78.8 Å². The van der Waals surface area contributed by atoms with E-state index < -0.39 is 17.2 Å². The van der Waals surface area contributed by atoms with Gasteiger partial charge < -0.3 is 10.2 Å². The summed E-state index contributed by atoms with van der Waals surface area (Å²) in [7, 11) is 0. The average Bonchev–Trinajstić information content (AvgIpc) is 2.31. The van der Waals surface area contributed by atoms with Crippen LogP contribution in [0.1, 0.15) is 13.8 Å². The van der Waals surface area contributed by atoms with Gasteiger partial charge in [0, 0.05) is 6.20 Å². The van der Waals surface area contributed by atoms with Gasteiger partial charge in [-0.3, -0.25) is 10.3 Å². The van der Waals surface area contributed by atoms with Crippen molar-refractivity contribution in [3.63, 3.8) is 0 Å². The predicted molar refractivity (Wildman–Crippen MR) is 40.0 cm³/mol. The zero-order chi connectivity index (χ0) is 9.41. The number of hydrogen-bond donors (Lipinski definition) is 3. The minimum Gasteiger partial charge on any atom is -0.479 e. The lowest BCUT2D eigenvalue weighted by Crippen LogP contribution is -2.56. The molecule has 12 heavy (non-hydrogen) atoms. The summed E-state index contributed by atoms with van der Waals surface area (Å²) < 4.78 is 0. The third-order valence-electron chi connectivity index (χ3n) is 1.83. The van der Waals surface area contributed by atoms with Gasteiger partial charge in [-0.1, -0.05) is 0 Å². The number of rotatable bonds is 2. The summed E-state index contributed by atoms with van der Waals surface area (Å²) in [5, 5.41) is 18.4.